The van der Waals surface area contributed by atoms with Crippen molar-refractivity contribution in [2.24, 2.45) is 0 Å². The molecule has 0 saturated carbocycles. The molecule has 1 fully saturated rings. The molecular formula is C11H14N4S. The van der Waals surface area contributed by atoms with Crippen LogP contribution in [0.3, 0.4) is 0 Å². The summed E-state index contributed by atoms with van der Waals surface area (Å²) in [6.07, 6.45) is 1.67. The topological polar surface area (TPSA) is 41.0 Å². The first-order chi connectivity index (χ1) is 7.86. The highest BCUT2D eigenvalue weighted by Crippen LogP contribution is 2.28. The monoisotopic (exact) mass is 234 g/mol. The molecule has 2 aromatic rings. The summed E-state index contributed by atoms with van der Waals surface area (Å²) in [4.78, 5) is 12.2. The lowest BCUT2D eigenvalue weighted by Crippen LogP contribution is -2.50. The van der Waals surface area contributed by atoms with Gasteiger partial charge in [-0.3, -0.25) is 0 Å². The second-order valence-corrected chi connectivity index (χ2v) is 4.98. The smallest absolute Gasteiger partial charge is 0.141 e. The molecule has 1 aliphatic rings. The maximum Gasteiger partial charge on any atom is 0.141 e. The zero-order chi connectivity index (χ0) is 11.0. The first-order valence-electron chi connectivity index (χ1n) is 5.52. The number of nitrogens with one attached hydrogen (secondary N) is 1. The Morgan fingerprint density at radius 3 is 3.31 bits per heavy atom. The Morgan fingerprint density at radius 2 is 2.44 bits per heavy atom. The molecule has 3 heterocycles. The van der Waals surface area contributed by atoms with Crippen molar-refractivity contribution in [1.29, 1.82) is 0 Å². The van der Waals surface area contributed by atoms with Crippen LogP contribution < -0.4 is 10.2 Å². The van der Waals surface area contributed by atoms with Crippen molar-refractivity contribution in [2.75, 3.05) is 24.5 Å². The summed E-state index contributed by atoms with van der Waals surface area (Å²) in [5.74, 6) is 1.08. The lowest BCUT2D eigenvalue weighted by Gasteiger charge is -2.35. The zero-order valence-electron chi connectivity index (χ0n) is 9.18. The highest BCUT2D eigenvalue weighted by atomic mass is 32.1. The van der Waals surface area contributed by atoms with Gasteiger partial charge in [0, 0.05) is 25.7 Å². The van der Waals surface area contributed by atoms with Gasteiger partial charge in [-0.1, -0.05) is 0 Å². The van der Waals surface area contributed by atoms with Gasteiger partial charge in [-0.2, -0.15) is 0 Å². The Kier molecular flexibility index (Phi) is 2.49. The van der Waals surface area contributed by atoms with Crippen molar-refractivity contribution in [3.05, 3.63) is 17.8 Å². The minimum Gasteiger partial charge on any atom is -0.351 e. The van der Waals surface area contributed by atoms with Crippen molar-refractivity contribution in [2.45, 2.75) is 13.0 Å². The number of aromatic nitrogens is 2. The summed E-state index contributed by atoms with van der Waals surface area (Å²) in [6, 6.07) is 2.61. The Hall–Kier alpha value is -1.20. The summed E-state index contributed by atoms with van der Waals surface area (Å²) in [7, 11) is 0. The molecule has 1 atom stereocenters. The normalized spacial score (nSPS) is 21.6. The molecule has 1 aliphatic heterocycles. The summed E-state index contributed by atoms with van der Waals surface area (Å²) in [6.45, 7) is 5.30. The number of fused-ring (bicyclic) bond motifs is 1. The summed E-state index contributed by atoms with van der Waals surface area (Å²) >= 11 is 1.67. The average Bonchev–Trinajstić information content (AvgIpc) is 2.77. The van der Waals surface area contributed by atoms with Crippen LogP contribution in [0.25, 0.3) is 10.2 Å². The van der Waals surface area contributed by atoms with Crippen molar-refractivity contribution >= 4 is 27.4 Å². The summed E-state index contributed by atoms with van der Waals surface area (Å²) in [5, 5.41) is 6.65. The molecule has 1 N–H and O–H groups in total. The van der Waals surface area contributed by atoms with Crippen LogP contribution in [-0.2, 0) is 0 Å². The van der Waals surface area contributed by atoms with Crippen molar-refractivity contribution < 1.29 is 0 Å². The predicted octanol–water partition coefficient (Wildman–Crippen LogP) is 1.49. The van der Waals surface area contributed by atoms with Gasteiger partial charge in [0.1, 0.15) is 17.0 Å². The number of rotatable bonds is 1. The van der Waals surface area contributed by atoms with E-state index in [-0.39, 0.29) is 0 Å². The van der Waals surface area contributed by atoms with E-state index in [0.717, 1.165) is 30.3 Å². The molecule has 0 aliphatic carbocycles. The quantitative estimate of drug-likeness (QED) is 0.811. The van der Waals surface area contributed by atoms with Crippen LogP contribution in [0.1, 0.15) is 6.92 Å². The largest absolute Gasteiger partial charge is 0.351 e. The van der Waals surface area contributed by atoms with Crippen molar-refractivity contribution in [3.63, 3.8) is 0 Å². The molecule has 3 rings (SSSR count). The van der Waals surface area contributed by atoms with Gasteiger partial charge in [0.05, 0.1) is 5.39 Å². The van der Waals surface area contributed by atoms with Crippen LogP contribution in [0.15, 0.2) is 17.8 Å². The first-order valence-corrected chi connectivity index (χ1v) is 6.40. The number of thiophene rings is 1. The van der Waals surface area contributed by atoms with E-state index >= 15 is 0 Å². The van der Waals surface area contributed by atoms with E-state index in [1.807, 2.05) is 0 Å². The molecule has 0 radical (unpaired) electrons. The molecule has 5 heteroatoms. The molecule has 16 heavy (non-hydrogen) atoms. The van der Waals surface area contributed by atoms with Crippen LogP contribution in [0.5, 0.6) is 0 Å². The standard InChI is InChI=1S/C11H14N4S/c1-8-6-12-3-4-15(8)10-9-2-5-16-11(9)14-7-13-10/h2,5,7-8,12H,3-4,6H2,1H3/t8-/m1/s1. The highest BCUT2D eigenvalue weighted by Gasteiger charge is 2.21. The zero-order valence-corrected chi connectivity index (χ0v) is 10.00. The Morgan fingerprint density at radius 1 is 1.50 bits per heavy atom. The van der Waals surface area contributed by atoms with Crippen LogP contribution in [0.2, 0.25) is 0 Å². The van der Waals surface area contributed by atoms with Crippen molar-refractivity contribution in [1.82, 2.24) is 15.3 Å². The van der Waals surface area contributed by atoms with E-state index in [1.165, 1.54) is 5.39 Å². The van der Waals surface area contributed by atoms with E-state index < -0.39 is 0 Å². The molecule has 1 saturated heterocycles. The molecule has 84 valence electrons. The molecule has 4 nitrogen and oxygen atoms in total. The maximum atomic E-state index is 4.45. The molecule has 0 bridgehead atoms. The van der Waals surface area contributed by atoms with Gasteiger partial charge in [-0.05, 0) is 18.4 Å². The lowest BCUT2D eigenvalue weighted by molar-refractivity contribution is 0.498. The predicted molar refractivity (Wildman–Crippen MR) is 67.1 cm³/mol. The van der Waals surface area contributed by atoms with E-state index in [9.17, 15) is 0 Å². The number of anilines is 1. The molecular weight excluding hydrogens is 220 g/mol. The third-order valence-electron chi connectivity index (χ3n) is 3.01. The van der Waals surface area contributed by atoms with Crippen LogP contribution in [0.4, 0.5) is 5.82 Å². The van der Waals surface area contributed by atoms with Crippen molar-refractivity contribution in [3.8, 4) is 0 Å². The van der Waals surface area contributed by atoms with Crippen LogP contribution in [-0.4, -0.2) is 35.6 Å². The molecule has 2 aromatic heterocycles. The molecule has 0 amide bonds. The minimum atomic E-state index is 0.492. The fourth-order valence-corrected chi connectivity index (χ4v) is 2.89. The number of nitrogens with zero attached hydrogens (tertiary/aromatic N) is 3. The second-order valence-electron chi connectivity index (χ2n) is 4.08. The van der Waals surface area contributed by atoms with Gasteiger partial charge in [0.25, 0.3) is 0 Å². The molecule has 0 unspecified atom stereocenters. The SMILES string of the molecule is C[C@@H]1CNCCN1c1ncnc2sccc12. The van der Waals surface area contributed by atoms with E-state index in [1.54, 1.807) is 17.7 Å². The third kappa shape index (κ3) is 1.56. The summed E-state index contributed by atoms with van der Waals surface area (Å²) < 4.78 is 0. The van der Waals surface area contributed by atoms with Gasteiger partial charge in [-0.25, -0.2) is 9.97 Å². The number of hydrogen-bond acceptors (Lipinski definition) is 5. The Labute approximate surface area is 98.3 Å². The summed E-state index contributed by atoms with van der Waals surface area (Å²) in [5.41, 5.74) is 0. The molecule has 0 spiro atoms. The number of hydrogen-bond donors (Lipinski definition) is 1. The highest BCUT2D eigenvalue weighted by molar-refractivity contribution is 7.16. The van der Waals surface area contributed by atoms with Crippen LogP contribution >= 0.6 is 11.3 Å². The first kappa shape index (κ1) is 9.99. The maximum absolute atomic E-state index is 4.45. The van der Waals surface area contributed by atoms with Gasteiger partial charge >= 0.3 is 0 Å². The van der Waals surface area contributed by atoms with Gasteiger partial charge in [-0.15, -0.1) is 11.3 Å². The van der Waals surface area contributed by atoms with E-state index in [2.05, 4.69) is 38.6 Å². The number of piperazine rings is 1. The van der Waals surface area contributed by atoms with Gasteiger partial charge in [0.2, 0.25) is 0 Å². The Balaban J connectivity index is 2.07. The van der Waals surface area contributed by atoms with Gasteiger partial charge < -0.3 is 10.2 Å². The molecule has 0 aromatic carbocycles. The Bertz CT molecular complexity index is 495. The van der Waals surface area contributed by atoms with E-state index in [4.69, 9.17) is 0 Å². The average molecular weight is 234 g/mol. The third-order valence-corrected chi connectivity index (χ3v) is 3.83. The lowest BCUT2D eigenvalue weighted by atomic mass is 10.2. The van der Waals surface area contributed by atoms with Crippen LogP contribution in [0, 0.1) is 0 Å². The fourth-order valence-electron chi connectivity index (χ4n) is 2.16. The minimum absolute atomic E-state index is 0.492. The fraction of sp³-hybridized carbons (Fsp3) is 0.455. The van der Waals surface area contributed by atoms with E-state index in [0.29, 0.717) is 6.04 Å². The second kappa shape index (κ2) is 3.99. The van der Waals surface area contributed by atoms with Gasteiger partial charge in [0.15, 0.2) is 0 Å².